The van der Waals surface area contributed by atoms with Gasteiger partial charge in [0.1, 0.15) is 0 Å². The Morgan fingerprint density at radius 3 is 2.67 bits per heavy atom. The lowest BCUT2D eigenvalue weighted by molar-refractivity contribution is -0.118. The van der Waals surface area contributed by atoms with Gasteiger partial charge < -0.3 is 19.9 Å². The third-order valence-corrected chi connectivity index (χ3v) is 5.26. The number of nitrogens with zero attached hydrogens (tertiary/aromatic N) is 2. The average Bonchev–Trinajstić information content (AvgIpc) is 2.66. The van der Waals surface area contributed by atoms with Crippen LogP contribution in [0.5, 0.6) is 0 Å². The zero-order chi connectivity index (χ0) is 19.4. The molecule has 27 heavy (non-hydrogen) atoms. The van der Waals surface area contributed by atoms with Crippen LogP contribution in [0.2, 0.25) is 0 Å². The lowest BCUT2D eigenvalue weighted by Gasteiger charge is -2.33. The van der Waals surface area contributed by atoms with Crippen molar-refractivity contribution in [3.8, 4) is 0 Å². The number of ether oxygens (including phenoxy) is 1. The largest absolute Gasteiger partial charge is 0.449 e. The highest BCUT2D eigenvalue weighted by atomic mass is 16.6. The monoisotopic (exact) mass is 373 g/mol. The Hall–Kier alpha value is -2.24. The van der Waals surface area contributed by atoms with Gasteiger partial charge in [-0.2, -0.15) is 0 Å². The van der Waals surface area contributed by atoms with Crippen LogP contribution in [0.1, 0.15) is 45.6 Å². The number of hydrogen-bond acceptors (Lipinski definition) is 4. The number of aryl methyl sites for hydroxylation is 1. The normalized spacial score (nSPS) is 17.9. The Balaban J connectivity index is 1.54. The number of likely N-dealkylation sites (tertiary alicyclic amines) is 1. The van der Waals surface area contributed by atoms with Crippen molar-refractivity contribution in [3.05, 3.63) is 23.8 Å². The molecule has 0 saturated carbocycles. The molecule has 0 aliphatic carbocycles. The minimum absolute atomic E-state index is 0.194. The van der Waals surface area contributed by atoms with E-state index in [0.717, 1.165) is 43.7 Å². The number of amides is 2. The SMILES string of the molecule is CCN1C(=O)CCc2cc(NC3CCN(C(=O)OCC(C)C)CC3)ccc21. The second-order valence-electron chi connectivity index (χ2n) is 7.86. The molecule has 3 rings (SSSR count). The average molecular weight is 373 g/mol. The second-order valence-corrected chi connectivity index (χ2v) is 7.86. The van der Waals surface area contributed by atoms with E-state index >= 15 is 0 Å². The number of piperidine rings is 1. The number of rotatable bonds is 5. The molecular weight excluding hydrogens is 342 g/mol. The number of benzene rings is 1. The summed E-state index contributed by atoms with van der Waals surface area (Å²) in [6.45, 7) is 8.72. The summed E-state index contributed by atoms with van der Waals surface area (Å²) in [5.74, 6) is 0.568. The summed E-state index contributed by atoms with van der Waals surface area (Å²) in [4.78, 5) is 27.8. The lowest BCUT2D eigenvalue weighted by atomic mass is 9.99. The van der Waals surface area contributed by atoms with E-state index in [1.807, 2.05) is 25.7 Å². The van der Waals surface area contributed by atoms with Crippen molar-refractivity contribution in [3.63, 3.8) is 0 Å². The fourth-order valence-corrected chi connectivity index (χ4v) is 3.77. The molecule has 0 aromatic heterocycles. The van der Waals surface area contributed by atoms with E-state index in [2.05, 4.69) is 23.5 Å². The van der Waals surface area contributed by atoms with Crippen LogP contribution in [-0.2, 0) is 16.0 Å². The molecule has 0 radical (unpaired) electrons. The van der Waals surface area contributed by atoms with Gasteiger partial charge in [0.2, 0.25) is 5.91 Å². The van der Waals surface area contributed by atoms with Gasteiger partial charge in [0.15, 0.2) is 0 Å². The minimum Gasteiger partial charge on any atom is -0.449 e. The maximum Gasteiger partial charge on any atom is 0.409 e. The number of nitrogens with one attached hydrogen (secondary N) is 1. The van der Waals surface area contributed by atoms with Gasteiger partial charge in [0.25, 0.3) is 0 Å². The van der Waals surface area contributed by atoms with Crippen molar-refractivity contribution < 1.29 is 14.3 Å². The summed E-state index contributed by atoms with van der Waals surface area (Å²) in [5.41, 5.74) is 3.37. The van der Waals surface area contributed by atoms with E-state index in [0.29, 0.717) is 31.5 Å². The fraction of sp³-hybridized carbons (Fsp3) is 0.619. The molecule has 0 bridgehead atoms. The van der Waals surface area contributed by atoms with Crippen molar-refractivity contribution >= 4 is 23.4 Å². The standard InChI is InChI=1S/C21H31N3O3/c1-4-24-19-7-6-18(13-16(19)5-8-20(24)25)22-17-9-11-23(12-10-17)21(26)27-14-15(2)3/h6-7,13,15,17,22H,4-5,8-12,14H2,1-3H3. The highest BCUT2D eigenvalue weighted by Gasteiger charge is 2.25. The molecule has 148 valence electrons. The first-order valence-electron chi connectivity index (χ1n) is 10.1. The maximum atomic E-state index is 12.1. The molecule has 6 nitrogen and oxygen atoms in total. The first-order chi connectivity index (χ1) is 13.0. The Morgan fingerprint density at radius 2 is 2.00 bits per heavy atom. The zero-order valence-corrected chi connectivity index (χ0v) is 16.7. The first kappa shape index (κ1) is 19.5. The van der Waals surface area contributed by atoms with Crippen molar-refractivity contribution in [1.82, 2.24) is 4.90 Å². The molecule has 6 heteroatoms. The number of hydrogen-bond donors (Lipinski definition) is 1. The summed E-state index contributed by atoms with van der Waals surface area (Å²) in [6, 6.07) is 6.64. The van der Waals surface area contributed by atoms with Gasteiger partial charge >= 0.3 is 6.09 Å². The van der Waals surface area contributed by atoms with Gasteiger partial charge in [0, 0.05) is 43.5 Å². The molecule has 2 heterocycles. The molecule has 0 spiro atoms. The molecule has 1 aromatic carbocycles. The van der Waals surface area contributed by atoms with Gasteiger partial charge in [-0.25, -0.2) is 4.79 Å². The van der Waals surface area contributed by atoms with Crippen LogP contribution in [0, 0.1) is 5.92 Å². The summed E-state index contributed by atoms with van der Waals surface area (Å²) in [5, 5.41) is 3.60. The molecule has 1 aromatic rings. The van der Waals surface area contributed by atoms with E-state index in [9.17, 15) is 9.59 Å². The second kappa shape index (κ2) is 8.63. The molecular formula is C21H31N3O3. The van der Waals surface area contributed by atoms with E-state index in [1.54, 1.807) is 4.90 Å². The predicted octanol–water partition coefficient (Wildman–Crippen LogP) is 3.65. The molecule has 0 atom stereocenters. The molecule has 1 saturated heterocycles. The topological polar surface area (TPSA) is 61.9 Å². The molecule has 1 N–H and O–H groups in total. The Bertz CT molecular complexity index is 681. The van der Waals surface area contributed by atoms with Crippen LogP contribution in [0.15, 0.2) is 18.2 Å². The van der Waals surface area contributed by atoms with E-state index in [4.69, 9.17) is 4.74 Å². The van der Waals surface area contributed by atoms with Crippen molar-refractivity contribution in [2.24, 2.45) is 5.92 Å². The fourth-order valence-electron chi connectivity index (χ4n) is 3.77. The zero-order valence-electron chi connectivity index (χ0n) is 16.7. The third-order valence-electron chi connectivity index (χ3n) is 5.26. The van der Waals surface area contributed by atoms with Crippen LogP contribution in [0.25, 0.3) is 0 Å². The van der Waals surface area contributed by atoms with Crippen LogP contribution in [-0.4, -0.2) is 49.2 Å². The predicted molar refractivity (Wildman–Crippen MR) is 107 cm³/mol. The van der Waals surface area contributed by atoms with E-state index < -0.39 is 0 Å². The Morgan fingerprint density at radius 1 is 1.26 bits per heavy atom. The first-order valence-corrected chi connectivity index (χ1v) is 10.1. The Labute approximate surface area is 161 Å². The van der Waals surface area contributed by atoms with Crippen LogP contribution < -0.4 is 10.2 Å². The number of anilines is 2. The van der Waals surface area contributed by atoms with Crippen LogP contribution >= 0.6 is 0 Å². The van der Waals surface area contributed by atoms with Crippen molar-refractivity contribution in [1.29, 1.82) is 0 Å². The number of carbonyl (C=O) groups is 2. The van der Waals surface area contributed by atoms with E-state index in [-0.39, 0.29) is 12.0 Å². The van der Waals surface area contributed by atoms with Crippen molar-refractivity contribution in [2.45, 2.75) is 52.5 Å². The van der Waals surface area contributed by atoms with Gasteiger partial charge in [-0.05, 0) is 55.9 Å². The molecule has 1 fully saturated rings. The maximum absolute atomic E-state index is 12.1. The van der Waals surface area contributed by atoms with Crippen LogP contribution in [0.3, 0.4) is 0 Å². The summed E-state index contributed by atoms with van der Waals surface area (Å²) in [6.07, 6.45) is 3.02. The van der Waals surface area contributed by atoms with Gasteiger partial charge in [0.05, 0.1) is 6.61 Å². The molecule has 2 aliphatic heterocycles. The molecule has 2 aliphatic rings. The van der Waals surface area contributed by atoms with Crippen molar-refractivity contribution in [2.75, 3.05) is 36.5 Å². The highest BCUT2D eigenvalue weighted by molar-refractivity contribution is 5.96. The van der Waals surface area contributed by atoms with E-state index in [1.165, 1.54) is 5.56 Å². The van der Waals surface area contributed by atoms with Gasteiger partial charge in [-0.15, -0.1) is 0 Å². The number of carbonyl (C=O) groups excluding carboxylic acids is 2. The van der Waals surface area contributed by atoms with Crippen LogP contribution in [0.4, 0.5) is 16.2 Å². The summed E-state index contributed by atoms with van der Waals surface area (Å²) >= 11 is 0. The molecule has 2 amide bonds. The summed E-state index contributed by atoms with van der Waals surface area (Å²) in [7, 11) is 0. The molecule has 0 unspecified atom stereocenters. The lowest BCUT2D eigenvalue weighted by Crippen LogP contribution is -2.43. The highest BCUT2D eigenvalue weighted by Crippen LogP contribution is 2.31. The number of fused-ring (bicyclic) bond motifs is 1. The third kappa shape index (κ3) is 4.73. The smallest absolute Gasteiger partial charge is 0.409 e. The summed E-state index contributed by atoms with van der Waals surface area (Å²) < 4.78 is 5.32. The van der Waals surface area contributed by atoms with Gasteiger partial charge in [-0.1, -0.05) is 13.8 Å². The van der Waals surface area contributed by atoms with Gasteiger partial charge in [-0.3, -0.25) is 4.79 Å². The quantitative estimate of drug-likeness (QED) is 0.856. The minimum atomic E-state index is -0.194. The Kier molecular flexibility index (Phi) is 6.24.